The van der Waals surface area contributed by atoms with Gasteiger partial charge < -0.3 is 10.1 Å². The lowest BCUT2D eigenvalue weighted by molar-refractivity contribution is -0.110. The van der Waals surface area contributed by atoms with Gasteiger partial charge in [-0.1, -0.05) is 11.6 Å². The van der Waals surface area contributed by atoms with E-state index in [0.717, 1.165) is 25.8 Å². The topological polar surface area (TPSA) is 29.1 Å². The number of hydrogen-bond acceptors (Lipinski definition) is 2. The first kappa shape index (κ1) is 6.10. The monoisotopic (exact) mass is 137 g/mol. The van der Waals surface area contributed by atoms with E-state index in [4.69, 9.17) is 0 Å². The van der Waals surface area contributed by atoms with Crippen molar-refractivity contribution >= 4 is 6.29 Å². The van der Waals surface area contributed by atoms with E-state index in [1.54, 1.807) is 0 Å². The normalized spacial score (nSPS) is 37.4. The van der Waals surface area contributed by atoms with Gasteiger partial charge in [0.1, 0.15) is 6.29 Å². The van der Waals surface area contributed by atoms with Crippen molar-refractivity contribution in [2.45, 2.75) is 6.42 Å². The van der Waals surface area contributed by atoms with Crippen molar-refractivity contribution in [2.75, 3.05) is 13.1 Å². The molecule has 2 nitrogen and oxygen atoms in total. The first-order valence-corrected chi connectivity index (χ1v) is 3.77. The van der Waals surface area contributed by atoms with Crippen LogP contribution >= 0.6 is 0 Å². The minimum absolute atomic E-state index is 0.224. The average Bonchev–Trinajstić information content (AvgIpc) is 2.42. The van der Waals surface area contributed by atoms with Gasteiger partial charge in [0.2, 0.25) is 0 Å². The minimum Gasteiger partial charge on any atom is -0.312 e. The second-order valence-electron chi connectivity index (χ2n) is 3.11. The van der Waals surface area contributed by atoms with Crippen LogP contribution in [0.1, 0.15) is 6.42 Å². The molecule has 2 atom stereocenters. The zero-order valence-corrected chi connectivity index (χ0v) is 5.84. The lowest BCUT2D eigenvalue weighted by Crippen LogP contribution is -2.11. The van der Waals surface area contributed by atoms with Crippen molar-refractivity contribution in [3.8, 4) is 0 Å². The molecule has 10 heavy (non-hydrogen) atoms. The first-order chi connectivity index (χ1) is 4.90. The summed E-state index contributed by atoms with van der Waals surface area (Å²) in [5.41, 5.74) is 1.46. The van der Waals surface area contributed by atoms with Gasteiger partial charge in [-0.05, 0) is 12.3 Å². The van der Waals surface area contributed by atoms with E-state index in [2.05, 4.69) is 11.4 Å². The lowest BCUT2D eigenvalue weighted by atomic mass is 10.0. The van der Waals surface area contributed by atoms with Crippen LogP contribution < -0.4 is 5.32 Å². The fourth-order valence-corrected chi connectivity index (χ4v) is 1.86. The highest BCUT2D eigenvalue weighted by molar-refractivity contribution is 5.58. The highest BCUT2D eigenvalue weighted by atomic mass is 16.1. The van der Waals surface area contributed by atoms with E-state index in [-0.39, 0.29) is 5.92 Å². The Labute approximate surface area is 60.3 Å². The maximum atomic E-state index is 10.4. The van der Waals surface area contributed by atoms with Crippen molar-refractivity contribution in [2.24, 2.45) is 11.8 Å². The van der Waals surface area contributed by atoms with Crippen LogP contribution in [0, 0.1) is 11.8 Å². The van der Waals surface area contributed by atoms with Crippen LogP contribution in [0.5, 0.6) is 0 Å². The van der Waals surface area contributed by atoms with Crippen molar-refractivity contribution in [3.63, 3.8) is 0 Å². The van der Waals surface area contributed by atoms with Crippen LogP contribution in [0.3, 0.4) is 0 Å². The van der Waals surface area contributed by atoms with Gasteiger partial charge in [-0.25, -0.2) is 0 Å². The smallest absolute Gasteiger partial charge is 0.126 e. The molecule has 0 bridgehead atoms. The van der Waals surface area contributed by atoms with Gasteiger partial charge in [0.05, 0.1) is 0 Å². The van der Waals surface area contributed by atoms with Crippen LogP contribution in [0.2, 0.25) is 0 Å². The molecule has 0 radical (unpaired) electrons. The van der Waals surface area contributed by atoms with Crippen LogP contribution in [-0.2, 0) is 4.79 Å². The van der Waals surface area contributed by atoms with E-state index in [1.165, 1.54) is 5.57 Å². The number of allylic oxidation sites excluding steroid dienone is 1. The van der Waals surface area contributed by atoms with Gasteiger partial charge in [0, 0.05) is 19.0 Å². The SMILES string of the molecule is O=CC1C=C2CNCC2C1. The maximum absolute atomic E-state index is 10.4. The number of carbonyl (C=O) groups excluding carboxylic acids is 1. The summed E-state index contributed by atoms with van der Waals surface area (Å²) in [7, 11) is 0. The molecule has 2 rings (SSSR count). The molecule has 1 fully saturated rings. The Bertz CT molecular complexity index is 186. The van der Waals surface area contributed by atoms with Gasteiger partial charge in [0.15, 0.2) is 0 Å². The van der Waals surface area contributed by atoms with Crippen LogP contribution in [0.4, 0.5) is 0 Å². The molecule has 1 saturated heterocycles. The van der Waals surface area contributed by atoms with Gasteiger partial charge >= 0.3 is 0 Å². The second kappa shape index (κ2) is 2.20. The van der Waals surface area contributed by atoms with E-state index in [0.29, 0.717) is 5.92 Å². The average molecular weight is 137 g/mol. The van der Waals surface area contributed by atoms with E-state index in [9.17, 15) is 4.79 Å². The summed E-state index contributed by atoms with van der Waals surface area (Å²) < 4.78 is 0. The zero-order chi connectivity index (χ0) is 6.97. The summed E-state index contributed by atoms with van der Waals surface area (Å²) in [6.45, 7) is 2.09. The summed E-state index contributed by atoms with van der Waals surface area (Å²) >= 11 is 0. The summed E-state index contributed by atoms with van der Waals surface area (Å²) in [5.74, 6) is 0.900. The van der Waals surface area contributed by atoms with Crippen LogP contribution in [-0.4, -0.2) is 19.4 Å². The molecule has 0 spiro atoms. The molecule has 0 aromatic carbocycles. The summed E-state index contributed by atoms with van der Waals surface area (Å²) in [4.78, 5) is 10.4. The van der Waals surface area contributed by atoms with E-state index < -0.39 is 0 Å². The molecule has 54 valence electrons. The molecule has 0 aromatic heterocycles. The number of rotatable bonds is 1. The Hall–Kier alpha value is -0.630. The van der Waals surface area contributed by atoms with Crippen LogP contribution in [0.15, 0.2) is 11.6 Å². The molecule has 0 aromatic rings. The molecule has 1 N–H and O–H groups in total. The molecule has 0 amide bonds. The Morgan fingerprint density at radius 2 is 2.60 bits per heavy atom. The summed E-state index contributed by atoms with van der Waals surface area (Å²) in [6, 6.07) is 0. The zero-order valence-electron chi connectivity index (χ0n) is 5.84. The Morgan fingerprint density at radius 1 is 1.70 bits per heavy atom. The number of aldehydes is 1. The molecule has 1 heterocycles. The Morgan fingerprint density at radius 3 is 3.30 bits per heavy atom. The van der Waals surface area contributed by atoms with E-state index in [1.807, 2.05) is 0 Å². The molecule has 2 unspecified atom stereocenters. The third-order valence-corrected chi connectivity index (χ3v) is 2.40. The highest BCUT2D eigenvalue weighted by Gasteiger charge is 2.28. The number of hydrogen-bond donors (Lipinski definition) is 1. The standard InChI is InChI=1S/C8H11NO/c10-5-6-1-7-3-9-4-8(7)2-6/h1,5-6,8-9H,2-4H2. The van der Waals surface area contributed by atoms with Gasteiger partial charge in [-0.3, -0.25) is 0 Å². The minimum atomic E-state index is 0.224. The molecule has 1 aliphatic carbocycles. The van der Waals surface area contributed by atoms with Crippen molar-refractivity contribution in [1.82, 2.24) is 5.32 Å². The Kier molecular flexibility index (Phi) is 1.34. The maximum Gasteiger partial charge on any atom is 0.126 e. The van der Waals surface area contributed by atoms with Gasteiger partial charge in [-0.2, -0.15) is 0 Å². The number of fused-ring (bicyclic) bond motifs is 1. The highest BCUT2D eigenvalue weighted by Crippen LogP contribution is 2.31. The first-order valence-electron chi connectivity index (χ1n) is 3.77. The molecular formula is C8H11NO. The summed E-state index contributed by atoms with van der Waals surface area (Å²) in [5, 5.41) is 3.28. The third-order valence-electron chi connectivity index (χ3n) is 2.40. The number of carbonyl (C=O) groups is 1. The van der Waals surface area contributed by atoms with Gasteiger partial charge in [-0.15, -0.1) is 0 Å². The summed E-state index contributed by atoms with van der Waals surface area (Å²) in [6.07, 6.45) is 4.23. The van der Waals surface area contributed by atoms with Crippen LogP contribution in [0.25, 0.3) is 0 Å². The third kappa shape index (κ3) is 0.797. The molecule has 1 aliphatic heterocycles. The van der Waals surface area contributed by atoms with E-state index >= 15 is 0 Å². The quantitative estimate of drug-likeness (QED) is 0.417. The fourth-order valence-electron chi connectivity index (χ4n) is 1.86. The fraction of sp³-hybridized carbons (Fsp3) is 0.625. The van der Waals surface area contributed by atoms with Crippen molar-refractivity contribution in [1.29, 1.82) is 0 Å². The second-order valence-corrected chi connectivity index (χ2v) is 3.11. The predicted octanol–water partition coefficient (Wildman–Crippen LogP) is 0.351. The molecule has 2 aliphatic rings. The molecule has 2 heteroatoms. The molecular weight excluding hydrogens is 126 g/mol. The number of nitrogens with one attached hydrogen (secondary N) is 1. The van der Waals surface area contributed by atoms with Crippen molar-refractivity contribution in [3.05, 3.63) is 11.6 Å². The van der Waals surface area contributed by atoms with Gasteiger partial charge in [0.25, 0.3) is 0 Å². The largest absolute Gasteiger partial charge is 0.312 e. The molecule has 0 saturated carbocycles. The van der Waals surface area contributed by atoms with Crippen molar-refractivity contribution < 1.29 is 4.79 Å². The lowest BCUT2D eigenvalue weighted by Gasteiger charge is -2.01. The Balaban J connectivity index is 2.14. The predicted molar refractivity (Wildman–Crippen MR) is 38.6 cm³/mol.